The fraction of sp³-hybridized carbons (Fsp3) is 0.737. The van der Waals surface area contributed by atoms with Gasteiger partial charge in [-0.1, -0.05) is 216 Å². The molecule has 0 saturated carbocycles. The maximum absolute atomic E-state index is 12.8. The molecule has 6 nitrogen and oxygen atoms in total. The predicted octanol–water partition coefficient (Wildman–Crippen LogP) is 17.4. The van der Waals surface area contributed by atoms with Crippen LogP contribution < -0.4 is 0 Å². The number of esters is 3. The van der Waals surface area contributed by atoms with Crippen molar-refractivity contribution in [3.8, 4) is 0 Å². The third-order valence-electron chi connectivity index (χ3n) is 11.2. The highest BCUT2D eigenvalue weighted by atomic mass is 16.6. The fourth-order valence-corrected chi connectivity index (χ4v) is 7.23. The van der Waals surface area contributed by atoms with Crippen molar-refractivity contribution in [2.75, 3.05) is 13.2 Å². The Hall–Kier alpha value is -3.15. The Balaban J connectivity index is 4.40. The second-order valence-corrected chi connectivity index (χ2v) is 17.4. The van der Waals surface area contributed by atoms with Crippen LogP contribution >= 0.6 is 0 Å². The third kappa shape index (κ3) is 49.7. The van der Waals surface area contributed by atoms with E-state index in [1.807, 2.05) is 0 Å². The van der Waals surface area contributed by atoms with E-state index >= 15 is 0 Å². The van der Waals surface area contributed by atoms with Crippen LogP contribution in [0.4, 0.5) is 0 Å². The van der Waals surface area contributed by atoms with Gasteiger partial charge in [0.2, 0.25) is 0 Å². The number of rotatable bonds is 47. The first-order valence-corrected chi connectivity index (χ1v) is 26.4. The first kappa shape index (κ1) is 59.9. The maximum atomic E-state index is 12.8. The van der Waals surface area contributed by atoms with Crippen molar-refractivity contribution in [3.63, 3.8) is 0 Å². The topological polar surface area (TPSA) is 78.9 Å². The SMILES string of the molecule is CC/C=C\C/C=C\C/C=C\C/C=C\CCCCC(=O)OC(COC(=O)CCCCCCCCCCC/C=C\C/C=C\CCCCC)COC(=O)CCCCCCCCCCCCC. The summed E-state index contributed by atoms with van der Waals surface area (Å²) in [5.74, 6) is -0.936. The summed E-state index contributed by atoms with van der Waals surface area (Å²) >= 11 is 0. The Kier molecular flexibility index (Phi) is 48.9. The quantitative estimate of drug-likeness (QED) is 0.0262. The van der Waals surface area contributed by atoms with Crippen LogP contribution in [-0.2, 0) is 28.6 Å². The molecule has 1 atom stereocenters. The highest BCUT2D eigenvalue weighted by molar-refractivity contribution is 5.71. The van der Waals surface area contributed by atoms with E-state index in [1.54, 1.807) is 0 Å². The average molecular weight is 879 g/mol. The van der Waals surface area contributed by atoms with Crippen molar-refractivity contribution < 1.29 is 28.6 Å². The van der Waals surface area contributed by atoms with Gasteiger partial charge >= 0.3 is 17.9 Å². The van der Waals surface area contributed by atoms with E-state index in [2.05, 4.69) is 93.7 Å². The molecule has 0 saturated heterocycles. The molecule has 0 amide bonds. The minimum Gasteiger partial charge on any atom is -0.462 e. The molecule has 1 unspecified atom stereocenters. The maximum Gasteiger partial charge on any atom is 0.306 e. The van der Waals surface area contributed by atoms with Crippen molar-refractivity contribution in [1.82, 2.24) is 0 Å². The second-order valence-electron chi connectivity index (χ2n) is 17.4. The summed E-state index contributed by atoms with van der Waals surface area (Å²) < 4.78 is 16.8. The van der Waals surface area contributed by atoms with Crippen molar-refractivity contribution in [2.24, 2.45) is 0 Å². The highest BCUT2D eigenvalue weighted by Gasteiger charge is 2.19. The van der Waals surface area contributed by atoms with Crippen LogP contribution in [0.15, 0.2) is 72.9 Å². The minimum atomic E-state index is -0.796. The monoisotopic (exact) mass is 879 g/mol. The zero-order valence-corrected chi connectivity index (χ0v) is 41.3. The van der Waals surface area contributed by atoms with Crippen LogP contribution in [0.25, 0.3) is 0 Å². The lowest BCUT2D eigenvalue weighted by molar-refractivity contribution is -0.167. The van der Waals surface area contributed by atoms with Gasteiger partial charge < -0.3 is 14.2 Å². The van der Waals surface area contributed by atoms with Crippen LogP contribution in [0.5, 0.6) is 0 Å². The first-order chi connectivity index (χ1) is 31.0. The molecule has 0 bridgehead atoms. The van der Waals surface area contributed by atoms with Crippen molar-refractivity contribution in [2.45, 2.75) is 258 Å². The van der Waals surface area contributed by atoms with Crippen LogP contribution in [0.1, 0.15) is 252 Å². The summed E-state index contributed by atoms with van der Waals surface area (Å²) in [5, 5.41) is 0. The fourth-order valence-electron chi connectivity index (χ4n) is 7.23. The molecule has 0 aliphatic heterocycles. The van der Waals surface area contributed by atoms with Gasteiger partial charge in [-0.05, 0) is 89.9 Å². The number of ether oxygens (including phenoxy) is 3. The van der Waals surface area contributed by atoms with Crippen molar-refractivity contribution >= 4 is 17.9 Å². The van der Waals surface area contributed by atoms with E-state index in [-0.39, 0.29) is 37.5 Å². The van der Waals surface area contributed by atoms with Gasteiger partial charge in [-0.2, -0.15) is 0 Å². The Morgan fingerprint density at radius 3 is 1.03 bits per heavy atom. The Labute approximate surface area is 389 Å². The third-order valence-corrected chi connectivity index (χ3v) is 11.2. The van der Waals surface area contributed by atoms with Gasteiger partial charge in [-0.15, -0.1) is 0 Å². The van der Waals surface area contributed by atoms with Crippen LogP contribution in [0, 0.1) is 0 Å². The van der Waals surface area contributed by atoms with Gasteiger partial charge in [0.05, 0.1) is 0 Å². The Morgan fingerprint density at radius 1 is 0.333 bits per heavy atom. The number of carbonyl (C=O) groups is 3. The van der Waals surface area contributed by atoms with Gasteiger partial charge in [0, 0.05) is 19.3 Å². The molecule has 0 aromatic carbocycles. The van der Waals surface area contributed by atoms with E-state index in [0.29, 0.717) is 19.3 Å². The Morgan fingerprint density at radius 2 is 0.619 bits per heavy atom. The van der Waals surface area contributed by atoms with E-state index in [1.165, 1.54) is 122 Å². The van der Waals surface area contributed by atoms with Gasteiger partial charge in [0.15, 0.2) is 6.10 Å². The normalized spacial score (nSPS) is 12.6. The number of hydrogen-bond acceptors (Lipinski definition) is 6. The standard InChI is InChI=1S/C57H98O6/c1-4-7-10-13-16-19-22-24-26-27-28-29-31-32-35-38-41-44-47-50-56(59)62-53-54(52-61-55(58)49-46-43-40-37-34-21-18-15-12-9-6-3)63-57(60)51-48-45-42-39-36-33-30-25-23-20-17-14-11-8-5-2/h8,11,16-17,19-20,24-26,30,36,39,54H,4-7,9-10,12-15,18,21-23,27-29,31-35,37-38,40-53H2,1-3H3/b11-8-,19-16-,20-17-,26-24-,30-25-,39-36-. The number of unbranched alkanes of at least 4 members (excludes halogenated alkanes) is 24. The molecule has 6 heteroatoms. The zero-order chi connectivity index (χ0) is 45.8. The smallest absolute Gasteiger partial charge is 0.306 e. The minimum absolute atomic E-state index is 0.0919. The second kappa shape index (κ2) is 51.5. The lowest BCUT2D eigenvalue weighted by Gasteiger charge is -2.18. The van der Waals surface area contributed by atoms with Crippen LogP contribution in [0.2, 0.25) is 0 Å². The number of allylic oxidation sites excluding steroid dienone is 12. The molecule has 362 valence electrons. The summed E-state index contributed by atoms with van der Waals surface area (Å²) in [4.78, 5) is 38.0. The van der Waals surface area contributed by atoms with E-state index in [0.717, 1.165) is 83.5 Å². The molecule has 0 spiro atoms. The predicted molar refractivity (Wildman–Crippen MR) is 270 cm³/mol. The number of carbonyl (C=O) groups excluding carboxylic acids is 3. The first-order valence-electron chi connectivity index (χ1n) is 26.4. The van der Waals surface area contributed by atoms with E-state index in [9.17, 15) is 14.4 Å². The van der Waals surface area contributed by atoms with Crippen LogP contribution in [-0.4, -0.2) is 37.2 Å². The van der Waals surface area contributed by atoms with Crippen LogP contribution in [0.3, 0.4) is 0 Å². The van der Waals surface area contributed by atoms with Gasteiger partial charge in [-0.25, -0.2) is 0 Å². The van der Waals surface area contributed by atoms with E-state index < -0.39 is 6.10 Å². The van der Waals surface area contributed by atoms with Crippen molar-refractivity contribution in [3.05, 3.63) is 72.9 Å². The summed E-state index contributed by atoms with van der Waals surface area (Å²) in [5.41, 5.74) is 0. The summed E-state index contributed by atoms with van der Waals surface area (Å²) in [6.45, 7) is 6.46. The zero-order valence-electron chi connectivity index (χ0n) is 41.3. The molecule has 0 fully saturated rings. The van der Waals surface area contributed by atoms with Crippen molar-refractivity contribution in [1.29, 1.82) is 0 Å². The molecule has 0 aliphatic rings. The molecule has 0 heterocycles. The molecule has 63 heavy (non-hydrogen) atoms. The van der Waals surface area contributed by atoms with E-state index in [4.69, 9.17) is 14.2 Å². The van der Waals surface area contributed by atoms with Gasteiger partial charge in [0.25, 0.3) is 0 Å². The molecule has 0 aromatic rings. The summed E-state index contributed by atoms with van der Waals surface area (Å²) in [6.07, 6.45) is 64.6. The van der Waals surface area contributed by atoms with Gasteiger partial charge in [0.1, 0.15) is 13.2 Å². The average Bonchev–Trinajstić information content (AvgIpc) is 3.28. The summed E-state index contributed by atoms with van der Waals surface area (Å²) in [6, 6.07) is 0. The summed E-state index contributed by atoms with van der Waals surface area (Å²) in [7, 11) is 0. The molecule has 0 radical (unpaired) electrons. The highest BCUT2D eigenvalue weighted by Crippen LogP contribution is 2.15. The molecule has 0 rings (SSSR count). The number of hydrogen-bond donors (Lipinski definition) is 0. The van der Waals surface area contributed by atoms with Gasteiger partial charge in [-0.3, -0.25) is 14.4 Å². The Bertz CT molecular complexity index is 1190. The lowest BCUT2D eigenvalue weighted by Crippen LogP contribution is -2.30. The molecule has 0 N–H and O–H groups in total. The largest absolute Gasteiger partial charge is 0.462 e. The molecule has 0 aliphatic carbocycles. The molecule has 0 aromatic heterocycles. The lowest BCUT2D eigenvalue weighted by atomic mass is 10.1. The molecular formula is C57H98O6. The molecular weight excluding hydrogens is 781 g/mol.